The van der Waals surface area contributed by atoms with Crippen LogP contribution in [0.4, 0.5) is 4.39 Å². The van der Waals surface area contributed by atoms with Gasteiger partial charge >= 0.3 is 0 Å². The van der Waals surface area contributed by atoms with Crippen LogP contribution in [0.2, 0.25) is 0 Å². The van der Waals surface area contributed by atoms with E-state index in [9.17, 15) is 19.1 Å². The van der Waals surface area contributed by atoms with Crippen molar-refractivity contribution in [3.05, 3.63) is 101 Å². The zero-order valence-electron chi connectivity index (χ0n) is 16.7. The van der Waals surface area contributed by atoms with Crippen molar-refractivity contribution in [2.45, 2.75) is 12.6 Å². The maximum absolute atomic E-state index is 13.5. The first kappa shape index (κ1) is 20.3. The predicted molar refractivity (Wildman–Crippen MR) is 111 cm³/mol. The van der Waals surface area contributed by atoms with E-state index in [0.717, 1.165) is 5.56 Å². The third kappa shape index (κ3) is 3.90. The zero-order chi connectivity index (χ0) is 22.0. The highest BCUT2D eigenvalue weighted by atomic mass is 19.1. The van der Waals surface area contributed by atoms with E-state index in [2.05, 4.69) is 4.98 Å². The van der Waals surface area contributed by atoms with E-state index < -0.39 is 23.5 Å². The summed E-state index contributed by atoms with van der Waals surface area (Å²) in [5, 5.41) is 11.0. The van der Waals surface area contributed by atoms with Gasteiger partial charge in [0.05, 0.1) is 18.7 Å². The van der Waals surface area contributed by atoms with E-state index in [1.54, 1.807) is 48.8 Å². The molecule has 4 rings (SSSR count). The van der Waals surface area contributed by atoms with Crippen molar-refractivity contribution in [3.8, 4) is 5.75 Å². The molecule has 0 radical (unpaired) electrons. The summed E-state index contributed by atoms with van der Waals surface area (Å²) in [5.41, 5.74) is 1.55. The van der Waals surface area contributed by atoms with Crippen LogP contribution in [0.15, 0.2) is 78.6 Å². The number of aliphatic hydroxyl groups is 1. The fraction of sp³-hybridized carbons (Fsp3) is 0.125. The second-order valence-electron chi connectivity index (χ2n) is 7.07. The molecule has 0 aliphatic carbocycles. The van der Waals surface area contributed by atoms with Crippen LogP contribution in [-0.4, -0.2) is 33.8 Å². The molecule has 6 nitrogen and oxygen atoms in total. The summed E-state index contributed by atoms with van der Waals surface area (Å²) < 4.78 is 18.7. The molecule has 31 heavy (non-hydrogen) atoms. The fourth-order valence-electron chi connectivity index (χ4n) is 3.63. The molecule has 0 saturated carbocycles. The number of carbonyl (C=O) groups is 2. The number of likely N-dealkylation sites (tertiary alicyclic amines) is 1. The van der Waals surface area contributed by atoms with Gasteiger partial charge in [-0.2, -0.15) is 0 Å². The lowest BCUT2D eigenvalue weighted by Crippen LogP contribution is -2.29. The summed E-state index contributed by atoms with van der Waals surface area (Å²) in [4.78, 5) is 31.3. The number of Topliss-reactive ketones (excluding diaryl/α,β-unsaturated/α-hetero) is 1. The molecule has 1 saturated heterocycles. The van der Waals surface area contributed by atoms with Crippen LogP contribution in [0.3, 0.4) is 0 Å². The maximum atomic E-state index is 13.5. The second kappa shape index (κ2) is 8.39. The van der Waals surface area contributed by atoms with Gasteiger partial charge < -0.3 is 14.7 Å². The Morgan fingerprint density at radius 1 is 1.10 bits per heavy atom. The fourth-order valence-corrected chi connectivity index (χ4v) is 3.63. The number of nitrogens with zero attached hydrogens (tertiary/aromatic N) is 2. The smallest absolute Gasteiger partial charge is 0.295 e. The minimum absolute atomic E-state index is 0.0503. The molecule has 3 aromatic rings. The Morgan fingerprint density at radius 2 is 1.81 bits per heavy atom. The Hall–Kier alpha value is -4.00. The van der Waals surface area contributed by atoms with E-state index in [1.807, 2.05) is 0 Å². The van der Waals surface area contributed by atoms with Gasteiger partial charge in [0.15, 0.2) is 0 Å². The van der Waals surface area contributed by atoms with Crippen LogP contribution in [0.25, 0.3) is 5.76 Å². The highest BCUT2D eigenvalue weighted by Gasteiger charge is 2.46. The van der Waals surface area contributed by atoms with E-state index in [1.165, 1.54) is 36.3 Å². The number of methoxy groups -OCH3 is 1. The molecule has 0 bridgehead atoms. The lowest BCUT2D eigenvalue weighted by Gasteiger charge is -2.25. The molecule has 1 N–H and O–H groups in total. The number of amides is 1. The molecule has 2 heterocycles. The summed E-state index contributed by atoms with van der Waals surface area (Å²) in [7, 11) is 1.52. The molecule has 7 heteroatoms. The Kier molecular flexibility index (Phi) is 5.49. The number of carbonyl (C=O) groups excluding carboxylic acids is 2. The normalized spacial score (nSPS) is 17.7. The number of ether oxygens (including phenoxy) is 1. The number of rotatable bonds is 5. The molecule has 1 amide bonds. The molecule has 1 aliphatic heterocycles. The van der Waals surface area contributed by atoms with E-state index in [-0.39, 0.29) is 17.9 Å². The largest absolute Gasteiger partial charge is 0.507 e. The minimum Gasteiger partial charge on any atom is -0.507 e. The van der Waals surface area contributed by atoms with Crippen LogP contribution in [0, 0.1) is 5.82 Å². The summed E-state index contributed by atoms with van der Waals surface area (Å²) in [6.07, 6.45) is 3.21. The molecule has 0 spiro atoms. The van der Waals surface area contributed by atoms with Crippen molar-refractivity contribution in [1.82, 2.24) is 9.88 Å². The number of aliphatic hydroxyl groups excluding tert-OH is 1. The van der Waals surface area contributed by atoms with Gasteiger partial charge in [0, 0.05) is 24.5 Å². The van der Waals surface area contributed by atoms with Gasteiger partial charge in [0.1, 0.15) is 17.3 Å². The van der Waals surface area contributed by atoms with Crippen LogP contribution in [0.1, 0.15) is 22.7 Å². The first-order valence-electron chi connectivity index (χ1n) is 9.57. The van der Waals surface area contributed by atoms with Crippen molar-refractivity contribution >= 4 is 17.4 Å². The van der Waals surface area contributed by atoms with Gasteiger partial charge in [-0.15, -0.1) is 0 Å². The maximum Gasteiger partial charge on any atom is 0.295 e. The van der Waals surface area contributed by atoms with Gasteiger partial charge in [-0.3, -0.25) is 14.6 Å². The summed E-state index contributed by atoms with van der Waals surface area (Å²) >= 11 is 0. The zero-order valence-corrected chi connectivity index (χ0v) is 16.7. The number of aromatic nitrogens is 1. The number of ketones is 1. The van der Waals surface area contributed by atoms with Crippen molar-refractivity contribution in [2.75, 3.05) is 7.11 Å². The number of benzene rings is 2. The van der Waals surface area contributed by atoms with Crippen molar-refractivity contribution in [1.29, 1.82) is 0 Å². The third-order valence-corrected chi connectivity index (χ3v) is 5.16. The Bertz CT molecular complexity index is 1140. The lowest BCUT2D eigenvalue weighted by molar-refractivity contribution is -0.140. The van der Waals surface area contributed by atoms with Crippen LogP contribution in [-0.2, 0) is 16.1 Å². The molecule has 1 unspecified atom stereocenters. The summed E-state index contributed by atoms with van der Waals surface area (Å²) in [6, 6.07) is 14.7. The van der Waals surface area contributed by atoms with Gasteiger partial charge in [0.2, 0.25) is 0 Å². The van der Waals surface area contributed by atoms with Gasteiger partial charge in [-0.25, -0.2) is 4.39 Å². The molecule has 1 aromatic heterocycles. The average Bonchev–Trinajstić information content (AvgIpc) is 3.05. The van der Waals surface area contributed by atoms with Crippen molar-refractivity contribution < 1.29 is 23.8 Å². The predicted octanol–water partition coefficient (Wildman–Crippen LogP) is 3.85. The molecule has 1 atom stereocenters. The first-order valence-corrected chi connectivity index (χ1v) is 9.57. The molecule has 156 valence electrons. The topological polar surface area (TPSA) is 79.7 Å². The van der Waals surface area contributed by atoms with Crippen molar-refractivity contribution in [3.63, 3.8) is 0 Å². The van der Waals surface area contributed by atoms with E-state index in [4.69, 9.17) is 4.74 Å². The highest BCUT2D eigenvalue weighted by molar-refractivity contribution is 6.46. The number of hydrogen-bond donors (Lipinski definition) is 1. The quantitative estimate of drug-likeness (QED) is 0.387. The molecule has 1 aliphatic rings. The first-order chi connectivity index (χ1) is 15.0. The lowest BCUT2D eigenvalue weighted by atomic mass is 9.95. The SMILES string of the molecule is COc1ccc(/C(O)=C2\C(=O)C(=O)N(Cc3cccnc3)C2c2ccc(F)cc2)cc1. The number of pyridine rings is 1. The van der Waals surface area contributed by atoms with Gasteiger partial charge in [-0.1, -0.05) is 18.2 Å². The molecular weight excluding hydrogens is 399 g/mol. The average molecular weight is 418 g/mol. The Morgan fingerprint density at radius 3 is 2.42 bits per heavy atom. The Labute approximate surface area is 178 Å². The van der Waals surface area contributed by atoms with Gasteiger partial charge in [-0.05, 0) is 53.6 Å². The molecular formula is C24H19FN2O4. The summed E-state index contributed by atoms with van der Waals surface area (Å²) in [5.74, 6) is -1.70. The van der Waals surface area contributed by atoms with Crippen LogP contribution < -0.4 is 4.74 Å². The highest BCUT2D eigenvalue weighted by Crippen LogP contribution is 2.40. The van der Waals surface area contributed by atoms with Crippen molar-refractivity contribution in [2.24, 2.45) is 0 Å². The van der Waals surface area contributed by atoms with Gasteiger partial charge in [0.25, 0.3) is 11.7 Å². The molecule has 1 fully saturated rings. The number of halogens is 1. The standard InChI is InChI=1S/C24H19FN2O4/c1-31-19-10-6-17(7-11-19)22(28)20-21(16-4-8-18(25)9-5-16)27(24(30)23(20)29)14-15-3-2-12-26-13-15/h2-13,21,28H,14H2,1H3/b22-20+. The van der Waals surface area contributed by atoms with Crippen LogP contribution >= 0.6 is 0 Å². The molecule has 2 aromatic carbocycles. The minimum atomic E-state index is -0.872. The van der Waals surface area contributed by atoms with E-state index in [0.29, 0.717) is 16.9 Å². The summed E-state index contributed by atoms with van der Waals surface area (Å²) in [6.45, 7) is 0.111. The third-order valence-electron chi connectivity index (χ3n) is 5.16. The Balaban J connectivity index is 1.84. The number of hydrogen-bond acceptors (Lipinski definition) is 5. The monoisotopic (exact) mass is 418 g/mol. The van der Waals surface area contributed by atoms with E-state index >= 15 is 0 Å². The second-order valence-corrected chi connectivity index (χ2v) is 7.07. The van der Waals surface area contributed by atoms with Crippen LogP contribution in [0.5, 0.6) is 5.75 Å².